The number of fused-ring (bicyclic) bond motifs is 1. The van der Waals surface area contributed by atoms with Crippen LogP contribution in [0.15, 0.2) is 18.2 Å². The lowest BCUT2D eigenvalue weighted by Crippen LogP contribution is -2.42. The summed E-state index contributed by atoms with van der Waals surface area (Å²) < 4.78 is 4.86. The molecule has 6 nitrogen and oxygen atoms in total. The Labute approximate surface area is 153 Å². The number of anilines is 1. The summed E-state index contributed by atoms with van der Waals surface area (Å²) in [6.45, 7) is 8.60. The molecule has 140 valence electrons. The average Bonchev–Trinajstić information content (AvgIpc) is 2.91. The van der Waals surface area contributed by atoms with E-state index in [0.717, 1.165) is 29.6 Å². The Balaban J connectivity index is 1.83. The van der Waals surface area contributed by atoms with Crippen LogP contribution in [0.4, 0.5) is 5.69 Å². The van der Waals surface area contributed by atoms with Gasteiger partial charge in [0.1, 0.15) is 5.69 Å². The van der Waals surface area contributed by atoms with Gasteiger partial charge in [-0.15, -0.1) is 0 Å². The maximum absolute atomic E-state index is 12.7. The molecule has 1 aromatic carbocycles. The number of aryl methyl sites for hydroxylation is 1. The number of hydrogen-bond acceptors (Lipinski definition) is 4. The zero-order valence-corrected chi connectivity index (χ0v) is 15.9. The SMILES string of the molecule is COC(=O)c1[nH]c2ccc(C)cc2c1NC(=O)CN1CC(C)CC(C)C1. The summed E-state index contributed by atoms with van der Waals surface area (Å²) in [5.41, 5.74) is 2.63. The first-order valence-corrected chi connectivity index (χ1v) is 9.10. The molecular weight excluding hydrogens is 330 g/mol. The second-order valence-corrected chi connectivity index (χ2v) is 7.60. The van der Waals surface area contributed by atoms with Crippen molar-refractivity contribution in [2.45, 2.75) is 27.2 Å². The Kier molecular flexibility index (Phi) is 5.32. The first-order chi connectivity index (χ1) is 12.4. The fourth-order valence-electron chi connectivity index (χ4n) is 3.99. The van der Waals surface area contributed by atoms with Crippen LogP contribution in [0.3, 0.4) is 0 Å². The van der Waals surface area contributed by atoms with E-state index in [2.05, 4.69) is 29.0 Å². The summed E-state index contributed by atoms with van der Waals surface area (Å²) in [5, 5.41) is 3.76. The van der Waals surface area contributed by atoms with Gasteiger partial charge in [-0.3, -0.25) is 9.69 Å². The van der Waals surface area contributed by atoms with Crippen LogP contribution in [0.25, 0.3) is 10.9 Å². The second kappa shape index (κ2) is 7.50. The molecule has 26 heavy (non-hydrogen) atoms. The van der Waals surface area contributed by atoms with Gasteiger partial charge >= 0.3 is 5.97 Å². The predicted molar refractivity (Wildman–Crippen MR) is 102 cm³/mol. The topological polar surface area (TPSA) is 74.4 Å². The summed E-state index contributed by atoms with van der Waals surface area (Å²) in [6.07, 6.45) is 1.20. The van der Waals surface area contributed by atoms with Crippen molar-refractivity contribution in [2.75, 3.05) is 32.1 Å². The molecule has 2 heterocycles. The number of hydrogen-bond donors (Lipinski definition) is 2. The number of piperidine rings is 1. The molecule has 2 unspecified atom stereocenters. The number of likely N-dealkylation sites (tertiary alicyclic amines) is 1. The minimum absolute atomic E-state index is 0.112. The van der Waals surface area contributed by atoms with Gasteiger partial charge in [0.05, 0.1) is 19.3 Å². The lowest BCUT2D eigenvalue weighted by atomic mass is 9.92. The highest BCUT2D eigenvalue weighted by Crippen LogP contribution is 2.29. The van der Waals surface area contributed by atoms with Crippen LogP contribution in [-0.2, 0) is 9.53 Å². The predicted octanol–water partition coefficient (Wildman–Crippen LogP) is 3.18. The highest BCUT2D eigenvalue weighted by atomic mass is 16.5. The van der Waals surface area contributed by atoms with Crippen LogP contribution in [0.1, 0.15) is 36.3 Å². The molecule has 2 aromatic rings. The van der Waals surface area contributed by atoms with E-state index in [-0.39, 0.29) is 11.6 Å². The van der Waals surface area contributed by atoms with Crippen LogP contribution in [0, 0.1) is 18.8 Å². The molecule has 1 fully saturated rings. The van der Waals surface area contributed by atoms with E-state index in [4.69, 9.17) is 4.74 Å². The number of rotatable bonds is 4. The molecule has 0 saturated carbocycles. The van der Waals surface area contributed by atoms with Crippen molar-refractivity contribution in [1.29, 1.82) is 0 Å². The number of aromatic amines is 1. The molecule has 0 spiro atoms. The van der Waals surface area contributed by atoms with Crippen LogP contribution in [0.2, 0.25) is 0 Å². The number of aromatic nitrogens is 1. The number of carbonyl (C=O) groups excluding carboxylic acids is 2. The van der Waals surface area contributed by atoms with E-state index >= 15 is 0 Å². The maximum atomic E-state index is 12.7. The third-order valence-corrected chi connectivity index (χ3v) is 4.92. The number of nitrogens with zero attached hydrogens (tertiary/aromatic N) is 1. The number of carbonyl (C=O) groups is 2. The van der Waals surface area contributed by atoms with Crippen molar-refractivity contribution in [3.63, 3.8) is 0 Å². The van der Waals surface area contributed by atoms with E-state index in [0.29, 0.717) is 24.1 Å². The molecule has 2 atom stereocenters. The number of amides is 1. The van der Waals surface area contributed by atoms with Gasteiger partial charge in [-0.05, 0) is 37.3 Å². The van der Waals surface area contributed by atoms with Gasteiger partial charge in [0, 0.05) is 24.0 Å². The Morgan fingerprint density at radius 1 is 1.27 bits per heavy atom. The van der Waals surface area contributed by atoms with Crippen molar-refractivity contribution in [2.24, 2.45) is 11.8 Å². The Morgan fingerprint density at radius 3 is 2.62 bits per heavy atom. The number of nitrogens with one attached hydrogen (secondary N) is 2. The monoisotopic (exact) mass is 357 g/mol. The minimum Gasteiger partial charge on any atom is -0.464 e. The van der Waals surface area contributed by atoms with E-state index < -0.39 is 5.97 Å². The fraction of sp³-hybridized carbons (Fsp3) is 0.500. The Hall–Kier alpha value is -2.34. The highest BCUT2D eigenvalue weighted by Gasteiger charge is 2.25. The molecule has 3 rings (SSSR count). The molecular formula is C20H27N3O3. The van der Waals surface area contributed by atoms with Crippen molar-refractivity contribution >= 4 is 28.5 Å². The standard InChI is InChI=1S/C20H27N3O3/c1-12-5-6-16-15(8-12)18(19(21-16)20(25)26-4)22-17(24)11-23-9-13(2)7-14(3)10-23/h5-6,8,13-14,21H,7,9-11H2,1-4H3,(H,22,24). The van der Waals surface area contributed by atoms with Crippen molar-refractivity contribution in [3.05, 3.63) is 29.5 Å². The van der Waals surface area contributed by atoms with Crippen LogP contribution < -0.4 is 5.32 Å². The van der Waals surface area contributed by atoms with Gasteiger partial charge in [0.15, 0.2) is 0 Å². The highest BCUT2D eigenvalue weighted by molar-refractivity contribution is 6.11. The van der Waals surface area contributed by atoms with Gasteiger partial charge in [-0.25, -0.2) is 4.79 Å². The molecule has 1 aliphatic heterocycles. The second-order valence-electron chi connectivity index (χ2n) is 7.60. The number of benzene rings is 1. The van der Waals surface area contributed by atoms with E-state index in [1.807, 2.05) is 25.1 Å². The smallest absolute Gasteiger partial charge is 0.356 e. The van der Waals surface area contributed by atoms with Crippen LogP contribution in [0.5, 0.6) is 0 Å². The Morgan fingerprint density at radius 2 is 1.96 bits per heavy atom. The maximum Gasteiger partial charge on any atom is 0.356 e. The molecule has 1 saturated heterocycles. The number of methoxy groups -OCH3 is 1. The fourth-order valence-corrected chi connectivity index (χ4v) is 3.99. The van der Waals surface area contributed by atoms with Crippen molar-refractivity contribution in [1.82, 2.24) is 9.88 Å². The normalized spacial score (nSPS) is 20.9. The Bertz CT molecular complexity index is 817. The van der Waals surface area contributed by atoms with Crippen molar-refractivity contribution in [3.8, 4) is 0 Å². The van der Waals surface area contributed by atoms with Gasteiger partial charge in [-0.2, -0.15) is 0 Å². The summed E-state index contributed by atoms with van der Waals surface area (Å²) in [6, 6.07) is 5.82. The van der Waals surface area contributed by atoms with E-state index in [1.54, 1.807) is 0 Å². The minimum atomic E-state index is -0.491. The lowest BCUT2D eigenvalue weighted by Gasteiger charge is -2.34. The summed E-state index contributed by atoms with van der Waals surface area (Å²) in [4.78, 5) is 30.0. The van der Waals surface area contributed by atoms with E-state index in [9.17, 15) is 9.59 Å². The zero-order valence-electron chi connectivity index (χ0n) is 15.9. The average molecular weight is 357 g/mol. The van der Waals surface area contributed by atoms with Crippen LogP contribution >= 0.6 is 0 Å². The first kappa shape index (κ1) is 18.5. The molecule has 0 aliphatic carbocycles. The molecule has 1 aliphatic rings. The summed E-state index contributed by atoms with van der Waals surface area (Å²) in [7, 11) is 1.33. The zero-order chi connectivity index (χ0) is 18.8. The molecule has 1 amide bonds. The van der Waals surface area contributed by atoms with Gasteiger partial charge in [0.2, 0.25) is 5.91 Å². The first-order valence-electron chi connectivity index (χ1n) is 9.10. The number of esters is 1. The number of H-pyrrole nitrogens is 1. The van der Waals surface area contributed by atoms with Crippen molar-refractivity contribution < 1.29 is 14.3 Å². The summed E-state index contributed by atoms with van der Waals surface area (Å²) >= 11 is 0. The van der Waals surface area contributed by atoms with Gasteiger partial charge < -0.3 is 15.0 Å². The molecule has 0 radical (unpaired) electrons. The van der Waals surface area contributed by atoms with Crippen LogP contribution in [-0.4, -0.2) is 48.5 Å². The molecule has 2 N–H and O–H groups in total. The third-order valence-electron chi connectivity index (χ3n) is 4.92. The number of ether oxygens (including phenoxy) is 1. The van der Waals surface area contributed by atoms with E-state index in [1.165, 1.54) is 13.5 Å². The molecule has 6 heteroatoms. The quantitative estimate of drug-likeness (QED) is 0.824. The molecule has 0 bridgehead atoms. The molecule has 1 aromatic heterocycles. The van der Waals surface area contributed by atoms with Gasteiger partial charge in [-0.1, -0.05) is 25.5 Å². The lowest BCUT2D eigenvalue weighted by molar-refractivity contribution is -0.117. The van der Waals surface area contributed by atoms with Gasteiger partial charge in [0.25, 0.3) is 0 Å². The summed E-state index contributed by atoms with van der Waals surface area (Å²) in [5.74, 6) is 0.578. The third kappa shape index (κ3) is 3.90. The largest absolute Gasteiger partial charge is 0.464 e.